The Morgan fingerprint density at radius 1 is 1.12 bits per heavy atom. The summed E-state index contributed by atoms with van der Waals surface area (Å²) in [7, 11) is 0. The van der Waals surface area contributed by atoms with E-state index < -0.39 is 0 Å². The van der Waals surface area contributed by atoms with Gasteiger partial charge in [0.05, 0.1) is 21.8 Å². The minimum atomic E-state index is -0.183. The van der Waals surface area contributed by atoms with Gasteiger partial charge in [0, 0.05) is 5.39 Å². The smallest absolute Gasteiger partial charge is 0.233 e. The molecule has 132 valence electrons. The second kappa shape index (κ2) is 7.50. The van der Waals surface area contributed by atoms with E-state index in [9.17, 15) is 4.79 Å². The summed E-state index contributed by atoms with van der Waals surface area (Å²) in [5, 5.41) is 5.06. The zero-order chi connectivity index (χ0) is 17.9. The molecule has 0 spiro atoms. The van der Waals surface area contributed by atoms with E-state index in [0.717, 1.165) is 35.2 Å². The number of hydrogen-bond donors (Lipinski definition) is 1. The van der Waals surface area contributed by atoms with Gasteiger partial charge in [0.15, 0.2) is 0 Å². The van der Waals surface area contributed by atoms with Crippen LogP contribution < -0.4 is 5.32 Å². The summed E-state index contributed by atoms with van der Waals surface area (Å²) < 4.78 is 0. The number of amides is 1. The van der Waals surface area contributed by atoms with Crippen molar-refractivity contribution in [3.63, 3.8) is 0 Å². The Hall–Kier alpha value is -2.33. The van der Waals surface area contributed by atoms with Crippen LogP contribution in [-0.4, -0.2) is 16.1 Å². The molecule has 0 saturated carbocycles. The fourth-order valence-corrected chi connectivity index (χ4v) is 4.38. The molecule has 1 amide bonds. The van der Waals surface area contributed by atoms with Crippen LogP contribution in [0.1, 0.15) is 36.9 Å². The largest absolute Gasteiger partial charge is 0.348 e. The molecule has 1 heterocycles. The third-order valence-electron chi connectivity index (χ3n) is 4.93. The molecular formula is C22H22N2OS. The molecule has 3 nitrogen and oxygen atoms in total. The van der Waals surface area contributed by atoms with Crippen LogP contribution >= 0.6 is 11.8 Å². The normalized spacial score (nSPS) is 17.5. The summed E-state index contributed by atoms with van der Waals surface area (Å²) in [5.74, 6) is 0.0756. The first-order valence-electron chi connectivity index (χ1n) is 9.11. The molecule has 0 saturated heterocycles. The van der Waals surface area contributed by atoms with E-state index in [0.29, 0.717) is 0 Å². The van der Waals surface area contributed by atoms with Gasteiger partial charge in [0.1, 0.15) is 0 Å². The quantitative estimate of drug-likeness (QED) is 0.671. The number of rotatable bonds is 4. The van der Waals surface area contributed by atoms with E-state index >= 15 is 0 Å². The average Bonchev–Trinajstić information content (AvgIpc) is 2.68. The zero-order valence-electron chi connectivity index (χ0n) is 14.8. The topological polar surface area (TPSA) is 42.0 Å². The fourth-order valence-electron chi connectivity index (χ4n) is 3.54. The first-order valence-corrected chi connectivity index (χ1v) is 9.99. The van der Waals surface area contributed by atoms with Crippen molar-refractivity contribution >= 4 is 28.6 Å². The molecule has 26 heavy (non-hydrogen) atoms. The van der Waals surface area contributed by atoms with E-state index in [2.05, 4.69) is 40.6 Å². The van der Waals surface area contributed by atoms with Crippen LogP contribution in [0.4, 0.5) is 0 Å². The number of thioether (sulfide) groups is 1. The first-order chi connectivity index (χ1) is 12.7. The predicted molar refractivity (Wildman–Crippen MR) is 107 cm³/mol. The van der Waals surface area contributed by atoms with E-state index in [-0.39, 0.29) is 17.2 Å². The number of aryl methyl sites for hydroxylation is 1. The maximum atomic E-state index is 12.7. The van der Waals surface area contributed by atoms with Gasteiger partial charge in [0.2, 0.25) is 5.91 Å². The lowest BCUT2D eigenvalue weighted by Crippen LogP contribution is -2.35. The Bertz CT molecular complexity index is 940. The average molecular weight is 362 g/mol. The number of pyridine rings is 1. The Morgan fingerprint density at radius 3 is 2.85 bits per heavy atom. The van der Waals surface area contributed by atoms with E-state index in [1.54, 1.807) is 0 Å². The van der Waals surface area contributed by atoms with Gasteiger partial charge in [-0.25, -0.2) is 4.98 Å². The number of carbonyl (C=O) groups is 1. The third-order valence-corrected chi connectivity index (χ3v) is 5.96. The summed E-state index contributed by atoms with van der Waals surface area (Å²) in [6.07, 6.45) is 3.23. The highest BCUT2D eigenvalue weighted by Crippen LogP contribution is 2.30. The maximum absolute atomic E-state index is 12.7. The lowest BCUT2D eigenvalue weighted by molar-refractivity contribution is -0.121. The lowest BCUT2D eigenvalue weighted by Gasteiger charge is -2.27. The van der Waals surface area contributed by atoms with Crippen molar-refractivity contribution in [2.24, 2.45) is 0 Å². The Labute approximate surface area is 158 Å². The van der Waals surface area contributed by atoms with Gasteiger partial charge in [-0.3, -0.25) is 4.79 Å². The molecule has 0 bridgehead atoms. The van der Waals surface area contributed by atoms with Crippen LogP contribution in [0.15, 0.2) is 65.7 Å². The first kappa shape index (κ1) is 17.1. The highest BCUT2D eigenvalue weighted by Gasteiger charge is 2.24. The van der Waals surface area contributed by atoms with Crippen molar-refractivity contribution in [2.75, 3.05) is 0 Å². The van der Waals surface area contributed by atoms with Crippen LogP contribution in [0.3, 0.4) is 0 Å². The van der Waals surface area contributed by atoms with Crippen molar-refractivity contribution in [3.05, 3.63) is 71.8 Å². The van der Waals surface area contributed by atoms with E-state index in [1.807, 2.05) is 37.3 Å². The molecule has 1 aliphatic carbocycles. The Balaban J connectivity index is 1.45. The van der Waals surface area contributed by atoms with Crippen molar-refractivity contribution in [1.82, 2.24) is 10.3 Å². The molecule has 0 unspecified atom stereocenters. The molecule has 0 aliphatic heterocycles. The minimum Gasteiger partial charge on any atom is -0.348 e. The zero-order valence-corrected chi connectivity index (χ0v) is 15.6. The highest BCUT2D eigenvalue weighted by molar-refractivity contribution is 8.00. The standard InChI is InChI=1S/C22H22N2OS/c1-15(26-21-14-13-17-8-3-5-11-19(17)23-21)22(25)24-20-12-6-9-16-7-2-4-10-18(16)20/h2-5,7-8,10-11,13-15,20H,6,9,12H2,1H3,(H,24,25)/t15-,20+/m0/s1. The molecule has 0 radical (unpaired) electrons. The van der Waals surface area contributed by atoms with Crippen molar-refractivity contribution in [3.8, 4) is 0 Å². The summed E-state index contributed by atoms with van der Waals surface area (Å²) >= 11 is 1.51. The van der Waals surface area contributed by atoms with Crippen LogP contribution in [0.5, 0.6) is 0 Å². The molecule has 4 heteroatoms. The van der Waals surface area contributed by atoms with Gasteiger partial charge in [0.25, 0.3) is 0 Å². The molecule has 1 aliphatic rings. The number of carbonyl (C=O) groups excluding carboxylic acids is 1. The summed E-state index contributed by atoms with van der Waals surface area (Å²) in [4.78, 5) is 17.4. The molecule has 1 aromatic heterocycles. The number of fused-ring (bicyclic) bond motifs is 2. The molecule has 1 N–H and O–H groups in total. The van der Waals surface area contributed by atoms with Gasteiger partial charge >= 0.3 is 0 Å². The SMILES string of the molecule is C[C@H](Sc1ccc2ccccc2n1)C(=O)N[C@@H]1CCCc2ccccc21. The van der Waals surface area contributed by atoms with Gasteiger partial charge in [-0.05, 0) is 49.4 Å². The minimum absolute atomic E-state index is 0.0756. The Kier molecular flexibility index (Phi) is 4.93. The second-order valence-electron chi connectivity index (χ2n) is 6.75. The highest BCUT2D eigenvalue weighted by atomic mass is 32.2. The summed E-state index contributed by atoms with van der Waals surface area (Å²) in [6, 6.07) is 20.7. The van der Waals surface area contributed by atoms with Gasteiger partial charge < -0.3 is 5.32 Å². The second-order valence-corrected chi connectivity index (χ2v) is 8.12. The van der Waals surface area contributed by atoms with Crippen LogP contribution in [0.2, 0.25) is 0 Å². The number of nitrogens with one attached hydrogen (secondary N) is 1. The van der Waals surface area contributed by atoms with Gasteiger partial charge in [-0.2, -0.15) is 0 Å². The monoisotopic (exact) mass is 362 g/mol. The number of benzene rings is 2. The van der Waals surface area contributed by atoms with Crippen molar-refractivity contribution in [1.29, 1.82) is 0 Å². The molecule has 2 atom stereocenters. The van der Waals surface area contributed by atoms with Crippen LogP contribution in [0, 0.1) is 0 Å². The molecule has 0 fully saturated rings. The van der Waals surface area contributed by atoms with Gasteiger partial charge in [-0.15, -0.1) is 0 Å². The Morgan fingerprint density at radius 2 is 1.92 bits per heavy atom. The number of para-hydroxylation sites is 1. The molecule has 2 aromatic carbocycles. The summed E-state index contributed by atoms with van der Waals surface area (Å²) in [5.41, 5.74) is 3.60. The maximum Gasteiger partial charge on any atom is 0.233 e. The fraction of sp³-hybridized carbons (Fsp3) is 0.273. The summed E-state index contributed by atoms with van der Waals surface area (Å²) in [6.45, 7) is 1.95. The molecule has 3 aromatic rings. The number of aromatic nitrogens is 1. The van der Waals surface area contributed by atoms with E-state index in [1.165, 1.54) is 22.9 Å². The predicted octanol–water partition coefficient (Wildman–Crippen LogP) is 4.91. The number of hydrogen-bond acceptors (Lipinski definition) is 3. The van der Waals surface area contributed by atoms with Crippen molar-refractivity contribution < 1.29 is 4.79 Å². The van der Waals surface area contributed by atoms with Crippen LogP contribution in [0.25, 0.3) is 10.9 Å². The third kappa shape index (κ3) is 3.61. The number of nitrogens with zero attached hydrogens (tertiary/aromatic N) is 1. The van der Waals surface area contributed by atoms with Crippen LogP contribution in [-0.2, 0) is 11.2 Å². The van der Waals surface area contributed by atoms with E-state index in [4.69, 9.17) is 0 Å². The van der Waals surface area contributed by atoms with Gasteiger partial charge in [-0.1, -0.05) is 60.3 Å². The van der Waals surface area contributed by atoms with Crippen molar-refractivity contribution in [2.45, 2.75) is 42.5 Å². The molecular weight excluding hydrogens is 340 g/mol. The molecule has 4 rings (SSSR count). The lowest BCUT2D eigenvalue weighted by atomic mass is 9.88.